The van der Waals surface area contributed by atoms with Gasteiger partial charge in [0.15, 0.2) is 0 Å². The summed E-state index contributed by atoms with van der Waals surface area (Å²) in [6.45, 7) is 5.54. The number of amides is 1. The number of fused-ring (bicyclic) bond motifs is 1. The second kappa shape index (κ2) is 5.94. The third-order valence-corrected chi connectivity index (χ3v) is 4.27. The van der Waals surface area contributed by atoms with E-state index in [2.05, 4.69) is 10.2 Å². The molecule has 0 bridgehead atoms. The minimum absolute atomic E-state index is 0.0165. The Bertz CT molecular complexity index is 472. The highest BCUT2D eigenvalue weighted by molar-refractivity contribution is 5.94. The molecule has 0 unspecified atom stereocenters. The molecule has 0 aromatic heterocycles. The molecule has 2 atom stereocenters. The molecular weight excluding hydrogens is 252 g/mol. The van der Waals surface area contributed by atoms with Crippen molar-refractivity contribution < 1.29 is 9.53 Å². The number of morpholine rings is 1. The zero-order valence-electron chi connectivity index (χ0n) is 12.0. The molecule has 2 aliphatic rings. The molecule has 4 heteroatoms. The van der Waals surface area contributed by atoms with Crippen LogP contribution in [-0.4, -0.2) is 49.2 Å². The summed E-state index contributed by atoms with van der Waals surface area (Å²) in [7, 11) is 0. The number of nitrogens with zero attached hydrogens (tertiary/aromatic N) is 1. The number of carbonyl (C=O) groups excluding carboxylic acids is 1. The number of hydrogen-bond donors (Lipinski definition) is 1. The summed E-state index contributed by atoms with van der Waals surface area (Å²) in [5, 5.41) is 2.98. The van der Waals surface area contributed by atoms with E-state index < -0.39 is 0 Å². The molecule has 1 amide bonds. The van der Waals surface area contributed by atoms with E-state index >= 15 is 0 Å². The molecule has 0 saturated carbocycles. The fourth-order valence-corrected chi connectivity index (χ4v) is 3.02. The van der Waals surface area contributed by atoms with E-state index in [9.17, 15) is 4.79 Å². The van der Waals surface area contributed by atoms with Crippen LogP contribution in [0.15, 0.2) is 24.3 Å². The molecule has 3 rings (SSSR count). The second-order valence-corrected chi connectivity index (χ2v) is 5.82. The van der Waals surface area contributed by atoms with E-state index in [1.165, 1.54) is 19.4 Å². The van der Waals surface area contributed by atoms with Crippen LogP contribution in [0.1, 0.15) is 28.8 Å². The number of nitrogens with one attached hydrogen (secondary N) is 1. The Morgan fingerprint density at radius 2 is 2.20 bits per heavy atom. The van der Waals surface area contributed by atoms with Crippen LogP contribution in [0, 0.1) is 6.92 Å². The van der Waals surface area contributed by atoms with Crippen LogP contribution in [-0.2, 0) is 4.74 Å². The highest BCUT2D eigenvalue weighted by Gasteiger charge is 2.32. The molecule has 0 radical (unpaired) electrons. The van der Waals surface area contributed by atoms with E-state index in [1.807, 2.05) is 31.2 Å². The molecule has 2 saturated heterocycles. The van der Waals surface area contributed by atoms with Gasteiger partial charge in [-0.05, 0) is 38.4 Å². The standard InChI is InChI=1S/C16H22N2O2/c1-12-4-6-13(7-5-12)16(19)17-9-15-10-18-8-2-3-14(18)11-20-15/h4-7,14-15H,2-3,8-11H2,1H3,(H,17,19)/t14-,15+/m1/s1. The zero-order valence-corrected chi connectivity index (χ0v) is 12.0. The van der Waals surface area contributed by atoms with Gasteiger partial charge < -0.3 is 10.1 Å². The summed E-state index contributed by atoms with van der Waals surface area (Å²) in [6.07, 6.45) is 2.65. The molecule has 2 fully saturated rings. The maximum Gasteiger partial charge on any atom is 0.251 e. The topological polar surface area (TPSA) is 41.6 Å². The van der Waals surface area contributed by atoms with Crippen molar-refractivity contribution in [2.75, 3.05) is 26.2 Å². The summed E-state index contributed by atoms with van der Waals surface area (Å²) < 4.78 is 5.84. The van der Waals surface area contributed by atoms with Crippen molar-refractivity contribution in [2.24, 2.45) is 0 Å². The van der Waals surface area contributed by atoms with Crippen LogP contribution in [0.2, 0.25) is 0 Å². The molecular formula is C16H22N2O2. The Hall–Kier alpha value is -1.39. The van der Waals surface area contributed by atoms with Gasteiger partial charge >= 0.3 is 0 Å². The number of hydrogen-bond acceptors (Lipinski definition) is 3. The minimum atomic E-state index is -0.0165. The maximum absolute atomic E-state index is 12.0. The SMILES string of the molecule is Cc1ccc(C(=O)NC[C@H]2CN3CCC[C@@H]3CO2)cc1. The van der Waals surface area contributed by atoms with Gasteiger partial charge in [0, 0.05) is 24.7 Å². The van der Waals surface area contributed by atoms with Gasteiger partial charge in [-0.3, -0.25) is 9.69 Å². The van der Waals surface area contributed by atoms with Crippen LogP contribution < -0.4 is 5.32 Å². The summed E-state index contributed by atoms with van der Waals surface area (Å²) >= 11 is 0. The molecule has 0 aliphatic carbocycles. The molecule has 4 nitrogen and oxygen atoms in total. The van der Waals surface area contributed by atoms with Crippen LogP contribution in [0.3, 0.4) is 0 Å². The summed E-state index contributed by atoms with van der Waals surface area (Å²) in [6, 6.07) is 8.26. The van der Waals surface area contributed by atoms with Gasteiger partial charge in [-0.1, -0.05) is 17.7 Å². The van der Waals surface area contributed by atoms with Gasteiger partial charge in [0.2, 0.25) is 0 Å². The van der Waals surface area contributed by atoms with Crippen LogP contribution >= 0.6 is 0 Å². The first-order chi connectivity index (χ1) is 9.72. The summed E-state index contributed by atoms with van der Waals surface area (Å²) in [5.41, 5.74) is 1.88. The van der Waals surface area contributed by atoms with Gasteiger partial charge in [-0.15, -0.1) is 0 Å². The Morgan fingerprint density at radius 3 is 3.00 bits per heavy atom. The predicted octanol–water partition coefficient (Wildman–Crippen LogP) is 1.59. The first-order valence-corrected chi connectivity index (χ1v) is 7.43. The fourth-order valence-electron chi connectivity index (χ4n) is 3.02. The number of rotatable bonds is 3. The van der Waals surface area contributed by atoms with Gasteiger partial charge in [-0.2, -0.15) is 0 Å². The van der Waals surface area contributed by atoms with E-state index in [4.69, 9.17) is 4.74 Å². The minimum Gasteiger partial charge on any atom is -0.373 e. The first kappa shape index (κ1) is 13.6. The number of aryl methyl sites for hydroxylation is 1. The normalized spacial score (nSPS) is 26.2. The fraction of sp³-hybridized carbons (Fsp3) is 0.562. The Kier molecular flexibility index (Phi) is 4.03. The van der Waals surface area contributed by atoms with Crippen molar-refractivity contribution in [3.05, 3.63) is 35.4 Å². The smallest absolute Gasteiger partial charge is 0.251 e. The molecule has 1 N–H and O–H groups in total. The highest BCUT2D eigenvalue weighted by atomic mass is 16.5. The lowest BCUT2D eigenvalue weighted by Crippen LogP contribution is -2.50. The molecule has 1 aromatic carbocycles. The zero-order chi connectivity index (χ0) is 13.9. The number of benzene rings is 1. The van der Waals surface area contributed by atoms with Crippen LogP contribution in [0.5, 0.6) is 0 Å². The number of ether oxygens (including phenoxy) is 1. The van der Waals surface area contributed by atoms with E-state index in [1.54, 1.807) is 0 Å². The predicted molar refractivity (Wildman–Crippen MR) is 77.8 cm³/mol. The quantitative estimate of drug-likeness (QED) is 0.910. The molecule has 108 valence electrons. The summed E-state index contributed by atoms with van der Waals surface area (Å²) in [5.74, 6) is -0.0165. The van der Waals surface area contributed by atoms with Crippen molar-refractivity contribution in [2.45, 2.75) is 31.9 Å². The average molecular weight is 274 g/mol. The molecule has 1 aromatic rings. The van der Waals surface area contributed by atoms with E-state index in [-0.39, 0.29) is 12.0 Å². The molecule has 2 heterocycles. The van der Waals surface area contributed by atoms with Gasteiger partial charge in [0.25, 0.3) is 5.91 Å². The lowest BCUT2D eigenvalue weighted by molar-refractivity contribution is -0.0461. The number of carbonyl (C=O) groups is 1. The summed E-state index contributed by atoms with van der Waals surface area (Å²) in [4.78, 5) is 14.5. The van der Waals surface area contributed by atoms with Crippen molar-refractivity contribution in [1.29, 1.82) is 0 Å². The second-order valence-electron chi connectivity index (χ2n) is 5.82. The van der Waals surface area contributed by atoms with Gasteiger partial charge in [-0.25, -0.2) is 0 Å². The van der Waals surface area contributed by atoms with Crippen molar-refractivity contribution in [3.63, 3.8) is 0 Å². The van der Waals surface area contributed by atoms with Crippen molar-refractivity contribution in [3.8, 4) is 0 Å². The van der Waals surface area contributed by atoms with Crippen LogP contribution in [0.4, 0.5) is 0 Å². The van der Waals surface area contributed by atoms with Gasteiger partial charge in [0.05, 0.1) is 12.7 Å². The monoisotopic (exact) mass is 274 g/mol. The highest BCUT2D eigenvalue weighted by Crippen LogP contribution is 2.22. The third kappa shape index (κ3) is 3.02. The first-order valence-electron chi connectivity index (χ1n) is 7.43. The lowest BCUT2D eigenvalue weighted by Gasteiger charge is -2.35. The maximum atomic E-state index is 12.0. The molecule has 0 spiro atoms. The van der Waals surface area contributed by atoms with Gasteiger partial charge in [0.1, 0.15) is 0 Å². The average Bonchev–Trinajstić information content (AvgIpc) is 2.93. The van der Waals surface area contributed by atoms with E-state index in [0.29, 0.717) is 18.2 Å². The largest absolute Gasteiger partial charge is 0.373 e. The molecule has 20 heavy (non-hydrogen) atoms. The third-order valence-electron chi connectivity index (χ3n) is 4.27. The Balaban J connectivity index is 1.49. The van der Waals surface area contributed by atoms with Crippen LogP contribution in [0.25, 0.3) is 0 Å². The van der Waals surface area contributed by atoms with E-state index in [0.717, 1.165) is 18.7 Å². The molecule has 2 aliphatic heterocycles. The van der Waals surface area contributed by atoms with Crippen molar-refractivity contribution in [1.82, 2.24) is 10.2 Å². The van der Waals surface area contributed by atoms with Crippen molar-refractivity contribution >= 4 is 5.91 Å². The lowest BCUT2D eigenvalue weighted by atomic mass is 10.1. The Morgan fingerprint density at radius 1 is 1.40 bits per heavy atom. The Labute approximate surface area is 120 Å².